The molecule has 0 aliphatic carbocycles. The van der Waals surface area contributed by atoms with Crippen molar-refractivity contribution < 1.29 is 9.18 Å². The highest BCUT2D eigenvalue weighted by molar-refractivity contribution is 6.03. The average Bonchev–Trinajstić information content (AvgIpc) is 2.62. The molecular weight excluding hydrogens is 333 g/mol. The minimum atomic E-state index is -0.397. The number of aromatic nitrogens is 2. The first-order valence-corrected chi connectivity index (χ1v) is 8.14. The van der Waals surface area contributed by atoms with Gasteiger partial charge in [-0.1, -0.05) is 24.3 Å². The zero-order chi connectivity index (χ0) is 18.7. The molecule has 1 aromatic heterocycles. The fourth-order valence-electron chi connectivity index (χ4n) is 2.52. The minimum absolute atomic E-state index is 0.132. The summed E-state index contributed by atoms with van der Waals surface area (Å²) in [5.41, 5.74) is 3.25. The number of nitrogens with zero attached hydrogens (tertiary/aromatic N) is 2. The third-order valence-electron chi connectivity index (χ3n) is 4.20. The second-order valence-corrected chi connectivity index (χ2v) is 6.04. The van der Waals surface area contributed by atoms with Gasteiger partial charge in [0, 0.05) is 11.8 Å². The van der Waals surface area contributed by atoms with Crippen molar-refractivity contribution in [3.63, 3.8) is 0 Å². The lowest BCUT2D eigenvalue weighted by Crippen LogP contribution is -2.26. The zero-order valence-corrected chi connectivity index (χ0v) is 14.5. The Hall–Kier alpha value is -3.28. The average molecular weight is 351 g/mol. The van der Waals surface area contributed by atoms with Gasteiger partial charge in [-0.2, -0.15) is 5.10 Å². The van der Waals surface area contributed by atoms with Crippen LogP contribution in [0, 0.1) is 19.7 Å². The molecule has 26 heavy (non-hydrogen) atoms. The predicted octanol–water partition coefficient (Wildman–Crippen LogP) is 3.30. The molecule has 6 heteroatoms. The van der Waals surface area contributed by atoms with E-state index in [1.165, 1.54) is 28.9 Å². The SMILES string of the molecule is Cc1cccc(NC(=O)c2ccc(=O)n(Cc3ccc(F)cc3)n2)c1C. The summed E-state index contributed by atoms with van der Waals surface area (Å²) in [7, 11) is 0. The number of hydrogen-bond acceptors (Lipinski definition) is 3. The fraction of sp³-hybridized carbons (Fsp3) is 0.150. The number of nitrogens with one attached hydrogen (secondary N) is 1. The lowest BCUT2D eigenvalue weighted by molar-refractivity contribution is 0.102. The van der Waals surface area contributed by atoms with Crippen molar-refractivity contribution >= 4 is 11.6 Å². The van der Waals surface area contributed by atoms with Crippen LogP contribution in [0.25, 0.3) is 0 Å². The van der Waals surface area contributed by atoms with Crippen molar-refractivity contribution in [2.24, 2.45) is 0 Å². The number of benzene rings is 2. The predicted molar refractivity (Wildman–Crippen MR) is 97.9 cm³/mol. The molecule has 0 radical (unpaired) electrons. The maximum absolute atomic E-state index is 13.0. The Morgan fingerprint density at radius 3 is 2.54 bits per heavy atom. The number of amides is 1. The highest BCUT2D eigenvalue weighted by atomic mass is 19.1. The van der Waals surface area contributed by atoms with Crippen molar-refractivity contribution in [3.05, 3.63) is 93.2 Å². The molecule has 1 amide bonds. The second-order valence-electron chi connectivity index (χ2n) is 6.04. The molecule has 0 aliphatic heterocycles. The third kappa shape index (κ3) is 3.85. The molecule has 0 spiro atoms. The quantitative estimate of drug-likeness (QED) is 0.784. The summed E-state index contributed by atoms with van der Waals surface area (Å²) >= 11 is 0. The van der Waals surface area contributed by atoms with E-state index in [4.69, 9.17) is 0 Å². The van der Waals surface area contributed by atoms with Gasteiger partial charge in [0.1, 0.15) is 11.5 Å². The summed E-state index contributed by atoms with van der Waals surface area (Å²) in [6.45, 7) is 4.05. The van der Waals surface area contributed by atoms with Crippen LogP contribution in [0.3, 0.4) is 0 Å². The number of halogens is 1. The van der Waals surface area contributed by atoms with Crippen LogP contribution >= 0.6 is 0 Å². The molecule has 5 nitrogen and oxygen atoms in total. The van der Waals surface area contributed by atoms with Crippen molar-refractivity contribution in [3.8, 4) is 0 Å². The first kappa shape index (κ1) is 17.5. The topological polar surface area (TPSA) is 64.0 Å². The van der Waals surface area contributed by atoms with Crippen LogP contribution in [0.4, 0.5) is 10.1 Å². The van der Waals surface area contributed by atoms with Gasteiger partial charge in [0.2, 0.25) is 0 Å². The molecule has 1 heterocycles. The normalized spacial score (nSPS) is 10.6. The van der Waals surface area contributed by atoms with E-state index in [0.29, 0.717) is 11.3 Å². The molecule has 0 atom stereocenters. The van der Waals surface area contributed by atoms with E-state index < -0.39 is 5.91 Å². The van der Waals surface area contributed by atoms with Crippen molar-refractivity contribution in [2.45, 2.75) is 20.4 Å². The molecule has 0 saturated carbocycles. The molecule has 2 aromatic carbocycles. The monoisotopic (exact) mass is 351 g/mol. The lowest BCUT2D eigenvalue weighted by atomic mass is 10.1. The van der Waals surface area contributed by atoms with Gasteiger partial charge >= 0.3 is 0 Å². The number of hydrogen-bond donors (Lipinski definition) is 1. The first-order chi connectivity index (χ1) is 12.4. The molecule has 3 aromatic rings. The summed E-state index contributed by atoms with van der Waals surface area (Å²) in [4.78, 5) is 24.5. The molecule has 3 rings (SSSR count). The van der Waals surface area contributed by atoms with Gasteiger partial charge in [0.15, 0.2) is 0 Å². The van der Waals surface area contributed by atoms with Crippen LogP contribution in [0.5, 0.6) is 0 Å². The molecule has 132 valence electrons. The Morgan fingerprint density at radius 1 is 1.08 bits per heavy atom. The van der Waals surface area contributed by atoms with Crippen molar-refractivity contribution in [2.75, 3.05) is 5.32 Å². The highest BCUT2D eigenvalue weighted by Crippen LogP contribution is 2.18. The van der Waals surface area contributed by atoms with E-state index in [9.17, 15) is 14.0 Å². The number of carbonyl (C=O) groups excluding carboxylic acids is 1. The van der Waals surface area contributed by atoms with Crippen LogP contribution in [-0.2, 0) is 6.54 Å². The maximum Gasteiger partial charge on any atom is 0.276 e. The largest absolute Gasteiger partial charge is 0.320 e. The summed E-state index contributed by atoms with van der Waals surface area (Å²) in [6, 6.07) is 14.1. The van der Waals surface area contributed by atoms with Crippen molar-refractivity contribution in [1.82, 2.24) is 9.78 Å². The number of rotatable bonds is 4. The Morgan fingerprint density at radius 2 is 1.81 bits per heavy atom. The Bertz CT molecular complexity index is 1010. The minimum Gasteiger partial charge on any atom is -0.320 e. The van der Waals surface area contributed by atoms with E-state index in [2.05, 4.69) is 10.4 Å². The van der Waals surface area contributed by atoms with Gasteiger partial charge in [0.05, 0.1) is 6.54 Å². The lowest BCUT2D eigenvalue weighted by Gasteiger charge is -2.11. The van der Waals surface area contributed by atoms with E-state index >= 15 is 0 Å². The Balaban J connectivity index is 1.84. The van der Waals surface area contributed by atoms with Crippen LogP contribution < -0.4 is 10.9 Å². The number of carbonyl (C=O) groups is 1. The molecule has 0 aliphatic rings. The highest BCUT2D eigenvalue weighted by Gasteiger charge is 2.12. The molecule has 1 N–H and O–H groups in total. The van der Waals surface area contributed by atoms with Crippen LogP contribution in [0.2, 0.25) is 0 Å². The first-order valence-electron chi connectivity index (χ1n) is 8.14. The standard InChI is InChI=1S/C20H18FN3O2/c1-13-4-3-5-17(14(13)2)22-20(26)18-10-11-19(25)24(23-18)12-15-6-8-16(21)9-7-15/h3-11H,12H2,1-2H3,(H,22,26). The van der Waals surface area contributed by atoms with Gasteiger partial charge in [-0.3, -0.25) is 9.59 Å². The van der Waals surface area contributed by atoms with E-state index in [1.54, 1.807) is 12.1 Å². The summed E-state index contributed by atoms with van der Waals surface area (Å²) in [6.07, 6.45) is 0. The third-order valence-corrected chi connectivity index (χ3v) is 4.20. The molecule has 0 bridgehead atoms. The summed E-state index contributed by atoms with van der Waals surface area (Å²) in [5, 5.41) is 6.96. The van der Waals surface area contributed by atoms with Crippen molar-refractivity contribution in [1.29, 1.82) is 0 Å². The molecular formula is C20H18FN3O2. The second kappa shape index (κ2) is 7.31. The van der Waals surface area contributed by atoms with E-state index in [1.807, 2.05) is 32.0 Å². The van der Waals surface area contributed by atoms with E-state index in [0.717, 1.165) is 11.1 Å². The van der Waals surface area contributed by atoms with Gasteiger partial charge in [-0.05, 0) is 54.8 Å². The Kier molecular flexibility index (Phi) is 4.93. The van der Waals surface area contributed by atoms with Gasteiger partial charge < -0.3 is 5.32 Å². The number of aryl methyl sites for hydroxylation is 1. The number of anilines is 1. The van der Waals surface area contributed by atoms with Crippen LogP contribution in [-0.4, -0.2) is 15.7 Å². The molecule has 0 unspecified atom stereocenters. The zero-order valence-electron chi connectivity index (χ0n) is 14.5. The van der Waals surface area contributed by atoms with Gasteiger partial charge in [-0.15, -0.1) is 0 Å². The summed E-state index contributed by atoms with van der Waals surface area (Å²) < 4.78 is 14.2. The van der Waals surface area contributed by atoms with Gasteiger partial charge in [-0.25, -0.2) is 9.07 Å². The fourth-order valence-corrected chi connectivity index (χ4v) is 2.52. The van der Waals surface area contributed by atoms with E-state index in [-0.39, 0.29) is 23.6 Å². The maximum atomic E-state index is 13.0. The summed E-state index contributed by atoms with van der Waals surface area (Å²) in [5.74, 6) is -0.748. The molecule has 0 saturated heterocycles. The van der Waals surface area contributed by atoms with Crippen LogP contribution in [0.15, 0.2) is 59.4 Å². The van der Waals surface area contributed by atoms with Gasteiger partial charge in [0.25, 0.3) is 11.5 Å². The smallest absolute Gasteiger partial charge is 0.276 e. The van der Waals surface area contributed by atoms with Crippen LogP contribution in [0.1, 0.15) is 27.2 Å². The molecule has 0 fully saturated rings. The Labute approximate surface area is 150 Å².